The molecule has 4 aliphatic carbocycles. The van der Waals surface area contributed by atoms with E-state index in [1.807, 2.05) is 0 Å². The Morgan fingerprint density at radius 3 is 2.66 bits per heavy atom. The van der Waals surface area contributed by atoms with Crippen LogP contribution >= 0.6 is 0 Å². The molecule has 0 aromatic rings. The van der Waals surface area contributed by atoms with Crippen LogP contribution in [0.25, 0.3) is 0 Å². The number of ketones is 2. The first-order chi connectivity index (χ1) is 13.5. The third-order valence-corrected chi connectivity index (χ3v) is 8.58. The highest BCUT2D eigenvalue weighted by molar-refractivity contribution is 5.92. The van der Waals surface area contributed by atoms with E-state index in [2.05, 4.69) is 13.8 Å². The second-order valence-corrected chi connectivity index (χ2v) is 10.4. The fraction of sp³-hybridized carbons (Fsp3) is 0.783. The number of hydrogen-bond acceptors (Lipinski definition) is 6. The summed E-state index contributed by atoms with van der Waals surface area (Å²) in [4.78, 5) is 35.7. The van der Waals surface area contributed by atoms with Gasteiger partial charge in [-0.2, -0.15) is 0 Å². The summed E-state index contributed by atoms with van der Waals surface area (Å²) < 4.78 is 4.85. The van der Waals surface area contributed by atoms with Gasteiger partial charge in [-0.3, -0.25) is 14.4 Å². The molecule has 0 amide bonds. The van der Waals surface area contributed by atoms with Crippen LogP contribution in [0.1, 0.15) is 65.7 Å². The highest BCUT2D eigenvalue weighted by Gasteiger charge is 2.64. The first kappa shape index (κ1) is 20.7. The highest BCUT2D eigenvalue weighted by Crippen LogP contribution is 2.66. The van der Waals surface area contributed by atoms with Crippen molar-refractivity contribution in [2.24, 2.45) is 28.6 Å². The van der Waals surface area contributed by atoms with Crippen LogP contribution in [-0.2, 0) is 19.1 Å². The molecular formula is C23H32O6. The molecule has 0 heterocycles. The first-order valence-electron chi connectivity index (χ1n) is 10.8. The number of fused-ring (bicyclic) bond motifs is 5. The maximum absolute atomic E-state index is 12.7. The Balaban J connectivity index is 1.63. The zero-order valence-electron chi connectivity index (χ0n) is 17.6. The minimum absolute atomic E-state index is 0.0413. The van der Waals surface area contributed by atoms with Gasteiger partial charge >= 0.3 is 5.97 Å². The molecule has 6 nitrogen and oxygen atoms in total. The van der Waals surface area contributed by atoms with Crippen molar-refractivity contribution in [2.45, 2.75) is 77.4 Å². The molecule has 2 N–H and O–H groups in total. The number of hydrogen-bond donors (Lipinski definition) is 2. The second-order valence-electron chi connectivity index (χ2n) is 10.4. The van der Waals surface area contributed by atoms with Crippen LogP contribution in [0.15, 0.2) is 11.6 Å². The van der Waals surface area contributed by atoms with E-state index in [0.29, 0.717) is 25.7 Å². The SMILES string of the molecule is CC(=O)OCC(=O)[C@@]1(O)C[C@H]2C3CCC4=CC(=O)CC[C@]4(C)[C@H]3[C@@H](O)C[C@]2(C)C1. The summed E-state index contributed by atoms with van der Waals surface area (Å²) >= 11 is 0. The van der Waals surface area contributed by atoms with Gasteiger partial charge in [0.25, 0.3) is 0 Å². The van der Waals surface area contributed by atoms with E-state index >= 15 is 0 Å². The summed E-state index contributed by atoms with van der Waals surface area (Å²) in [5.74, 6) is -0.435. The molecular weight excluding hydrogens is 372 g/mol. The lowest BCUT2D eigenvalue weighted by Gasteiger charge is -2.59. The number of carbonyl (C=O) groups excluding carboxylic acids is 3. The van der Waals surface area contributed by atoms with Crippen molar-refractivity contribution in [3.63, 3.8) is 0 Å². The predicted octanol–water partition coefficient (Wildman–Crippen LogP) is 2.35. The summed E-state index contributed by atoms with van der Waals surface area (Å²) in [6, 6.07) is 0. The molecule has 0 spiro atoms. The van der Waals surface area contributed by atoms with Gasteiger partial charge < -0.3 is 14.9 Å². The Labute approximate surface area is 171 Å². The Bertz CT molecular complexity index is 786. The van der Waals surface area contributed by atoms with Gasteiger partial charge in [0.2, 0.25) is 5.78 Å². The number of esters is 1. The molecule has 0 radical (unpaired) electrons. The highest BCUT2D eigenvalue weighted by atomic mass is 16.5. The maximum Gasteiger partial charge on any atom is 0.303 e. The van der Waals surface area contributed by atoms with E-state index in [9.17, 15) is 24.6 Å². The molecule has 0 aromatic heterocycles. The molecule has 4 rings (SSSR count). The van der Waals surface area contributed by atoms with E-state index in [4.69, 9.17) is 4.74 Å². The molecule has 0 aliphatic heterocycles. The topological polar surface area (TPSA) is 101 Å². The summed E-state index contributed by atoms with van der Waals surface area (Å²) in [5.41, 5.74) is -0.872. The standard InChI is InChI=1S/C23H32O6/c1-13(24)29-11-19(27)23(28)9-17-16-5-4-14-8-15(25)6-7-22(14,3)20(16)18(26)10-21(17,2)12-23/h8,16-18,20,26,28H,4-7,9-12H2,1-3H3/t16?,17-,18-,20+,21+,22-,23+/m0/s1. The minimum atomic E-state index is -1.51. The van der Waals surface area contributed by atoms with E-state index in [1.165, 1.54) is 6.92 Å². The largest absolute Gasteiger partial charge is 0.458 e. The number of ether oxygens (including phenoxy) is 1. The van der Waals surface area contributed by atoms with Gasteiger partial charge in [-0.25, -0.2) is 0 Å². The van der Waals surface area contributed by atoms with Crippen LogP contribution in [0.4, 0.5) is 0 Å². The summed E-state index contributed by atoms with van der Waals surface area (Å²) in [6.07, 6.45) is 5.45. The molecule has 3 fully saturated rings. The zero-order chi connectivity index (χ0) is 21.2. The van der Waals surface area contributed by atoms with Crippen LogP contribution < -0.4 is 0 Å². The number of allylic oxidation sites excluding steroid dienone is 1. The number of aliphatic hydroxyl groups is 2. The molecule has 4 aliphatic rings. The van der Waals surface area contributed by atoms with Crippen molar-refractivity contribution in [3.8, 4) is 0 Å². The Kier molecular flexibility index (Phi) is 4.82. The molecule has 0 saturated heterocycles. The number of Topliss-reactive ketones (excluding diaryl/α,β-unsaturated/α-hetero) is 1. The van der Waals surface area contributed by atoms with Crippen molar-refractivity contribution in [1.29, 1.82) is 0 Å². The van der Waals surface area contributed by atoms with Crippen molar-refractivity contribution in [3.05, 3.63) is 11.6 Å². The average Bonchev–Trinajstić information content (AvgIpc) is 2.91. The lowest BCUT2D eigenvalue weighted by Crippen LogP contribution is -2.55. The van der Waals surface area contributed by atoms with E-state index in [0.717, 1.165) is 24.8 Å². The minimum Gasteiger partial charge on any atom is -0.458 e. The Hall–Kier alpha value is -1.53. The molecule has 0 aromatic carbocycles. The van der Waals surface area contributed by atoms with Crippen molar-refractivity contribution >= 4 is 17.5 Å². The second kappa shape index (κ2) is 6.74. The number of rotatable bonds is 3. The van der Waals surface area contributed by atoms with Crippen molar-refractivity contribution in [2.75, 3.05) is 6.61 Å². The molecule has 6 heteroatoms. The van der Waals surface area contributed by atoms with Crippen molar-refractivity contribution in [1.82, 2.24) is 0 Å². The average molecular weight is 405 g/mol. The van der Waals surface area contributed by atoms with Gasteiger partial charge in [0, 0.05) is 13.3 Å². The Morgan fingerprint density at radius 1 is 1.24 bits per heavy atom. The van der Waals surface area contributed by atoms with E-state index in [1.54, 1.807) is 6.08 Å². The summed E-state index contributed by atoms with van der Waals surface area (Å²) in [7, 11) is 0. The van der Waals surface area contributed by atoms with Crippen LogP contribution in [-0.4, -0.2) is 46.1 Å². The van der Waals surface area contributed by atoms with Crippen molar-refractivity contribution < 1.29 is 29.3 Å². The molecule has 3 saturated carbocycles. The quantitative estimate of drug-likeness (QED) is 0.701. The van der Waals surface area contributed by atoms with Crippen LogP contribution in [0.3, 0.4) is 0 Å². The zero-order valence-corrected chi connectivity index (χ0v) is 17.6. The predicted molar refractivity (Wildman–Crippen MR) is 105 cm³/mol. The maximum atomic E-state index is 12.7. The third kappa shape index (κ3) is 3.19. The van der Waals surface area contributed by atoms with Gasteiger partial charge in [0.1, 0.15) is 5.60 Å². The monoisotopic (exact) mass is 404 g/mol. The lowest BCUT2D eigenvalue weighted by molar-refractivity contribution is -0.153. The van der Waals surface area contributed by atoms with Gasteiger partial charge in [-0.05, 0) is 73.2 Å². The van der Waals surface area contributed by atoms with Gasteiger partial charge in [0.05, 0.1) is 6.10 Å². The summed E-state index contributed by atoms with van der Waals surface area (Å²) in [6.45, 7) is 5.10. The van der Waals surface area contributed by atoms with Gasteiger partial charge in [-0.1, -0.05) is 19.4 Å². The molecule has 29 heavy (non-hydrogen) atoms. The normalized spacial score (nSPS) is 46.2. The van der Waals surface area contributed by atoms with Crippen LogP contribution in [0.5, 0.6) is 0 Å². The Morgan fingerprint density at radius 2 is 1.97 bits per heavy atom. The van der Waals surface area contributed by atoms with Gasteiger partial charge in [0.15, 0.2) is 12.4 Å². The third-order valence-electron chi connectivity index (χ3n) is 8.58. The van der Waals surface area contributed by atoms with Crippen LogP contribution in [0, 0.1) is 28.6 Å². The van der Waals surface area contributed by atoms with E-state index < -0.39 is 30.1 Å². The molecule has 7 atom stereocenters. The molecule has 1 unspecified atom stereocenters. The first-order valence-corrected chi connectivity index (χ1v) is 10.8. The fourth-order valence-electron chi connectivity index (χ4n) is 7.34. The van der Waals surface area contributed by atoms with Gasteiger partial charge in [-0.15, -0.1) is 0 Å². The smallest absolute Gasteiger partial charge is 0.303 e. The van der Waals surface area contributed by atoms with E-state index in [-0.39, 0.29) is 34.4 Å². The molecule has 0 bridgehead atoms. The number of aliphatic hydroxyl groups excluding tert-OH is 1. The summed E-state index contributed by atoms with van der Waals surface area (Å²) in [5, 5.41) is 22.4. The molecule has 160 valence electrons. The van der Waals surface area contributed by atoms with Crippen LogP contribution in [0.2, 0.25) is 0 Å². The lowest BCUT2D eigenvalue weighted by atomic mass is 9.46. The number of carbonyl (C=O) groups is 3. The fourth-order valence-corrected chi connectivity index (χ4v) is 7.34.